The quantitative estimate of drug-likeness (QED) is 0.465. The Hall–Kier alpha value is -1.59. The Morgan fingerprint density at radius 1 is 1.13 bits per heavy atom. The summed E-state index contributed by atoms with van der Waals surface area (Å²) in [6.07, 6.45) is 5.28. The van der Waals surface area contributed by atoms with Crippen molar-refractivity contribution < 1.29 is 14.3 Å². The summed E-state index contributed by atoms with van der Waals surface area (Å²) in [6, 6.07) is 7.64. The lowest BCUT2D eigenvalue weighted by atomic mass is 9.92. The highest BCUT2D eigenvalue weighted by molar-refractivity contribution is 5.97. The van der Waals surface area contributed by atoms with E-state index in [0.717, 1.165) is 68.6 Å². The molecule has 1 saturated heterocycles. The van der Waals surface area contributed by atoms with Gasteiger partial charge in [0.25, 0.3) is 5.91 Å². The van der Waals surface area contributed by atoms with Gasteiger partial charge in [-0.05, 0) is 62.8 Å². The molecule has 0 radical (unpaired) electrons. The SMILES string of the molecule is CCCCC[C@](C)(OCC)C(=O)Nc1ccc(OCCN2C[C@H](C)C[C@@H](C)C2)cc1. The van der Waals surface area contributed by atoms with Crippen LogP contribution in [0.5, 0.6) is 5.75 Å². The summed E-state index contributed by atoms with van der Waals surface area (Å²) in [5, 5.41) is 3.01. The van der Waals surface area contributed by atoms with Gasteiger partial charge in [0.1, 0.15) is 18.0 Å². The minimum atomic E-state index is -0.790. The van der Waals surface area contributed by atoms with E-state index < -0.39 is 5.60 Å². The van der Waals surface area contributed by atoms with E-state index in [0.29, 0.717) is 13.2 Å². The molecule has 1 heterocycles. The van der Waals surface area contributed by atoms with Gasteiger partial charge in [-0.3, -0.25) is 9.69 Å². The summed E-state index contributed by atoms with van der Waals surface area (Å²) < 4.78 is 11.7. The Morgan fingerprint density at radius 3 is 2.40 bits per heavy atom. The summed E-state index contributed by atoms with van der Waals surface area (Å²) >= 11 is 0. The molecule has 1 aliphatic rings. The zero-order valence-electron chi connectivity index (χ0n) is 19.7. The van der Waals surface area contributed by atoms with Crippen LogP contribution in [0.15, 0.2) is 24.3 Å². The van der Waals surface area contributed by atoms with Crippen LogP contribution in [0, 0.1) is 11.8 Å². The number of likely N-dealkylation sites (tertiary alicyclic amines) is 1. The third kappa shape index (κ3) is 7.92. The van der Waals surface area contributed by atoms with E-state index in [1.165, 1.54) is 6.42 Å². The van der Waals surface area contributed by atoms with Crippen molar-refractivity contribution in [1.29, 1.82) is 0 Å². The smallest absolute Gasteiger partial charge is 0.256 e. The molecule has 1 aliphatic heterocycles. The number of hydrogen-bond acceptors (Lipinski definition) is 4. The van der Waals surface area contributed by atoms with Crippen molar-refractivity contribution in [2.45, 2.75) is 72.3 Å². The van der Waals surface area contributed by atoms with Gasteiger partial charge in [-0.1, -0.05) is 40.0 Å². The average molecular weight is 419 g/mol. The van der Waals surface area contributed by atoms with E-state index >= 15 is 0 Å². The molecule has 170 valence electrons. The van der Waals surface area contributed by atoms with Crippen molar-refractivity contribution in [2.24, 2.45) is 11.8 Å². The van der Waals surface area contributed by atoms with E-state index in [4.69, 9.17) is 9.47 Å². The molecule has 30 heavy (non-hydrogen) atoms. The van der Waals surface area contributed by atoms with Crippen LogP contribution in [0.2, 0.25) is 0 Å². The lowest BCUT2D eigenvalue weighted by Gasteiger charge is -2.34. The molecular formula is C25H42N2O3. The number of carbonyl (C=O) groups excluding carboxylic acids is 1. The summed E-state index contributed by atoms with van der Waals surface area (Å²) in [5.74, 6) is 2.28. The number of nitrogens with one attached hydrogen (secondary N) is 1. The minimum absolute atomic E-state index is 0.0811. The van der Waals surface area contributed by atoms with Gasteiger partial charge in [0.15, 0.2) is 0 Å². The highest BCUT2D eigenvalue weighted by Gasteiger charge is 2.33. The predicted octanol–water partition coefficient (Wildman–Crippen LogP) is 5.36. The third-order valence-corrected chi connectivity index (χ3v) is 5.93. The van der Waals surface area contributed by atoms with E-state index in [-0.39, 0.29) is 5.91 Å². The van der Waals surface area contributed by atoms with Gasteiger partial charge in [-0.2, -0.15) is 0 Å². The zero-order valence-corrected chi connectivity index (χ0v) is 19.7. The summed E-state index contributed by atoms with van der Waals surface area (Å²) in [5.41, 5.74) is -0.0191. The maximum absolute atomic E-state index is 12.8. The van der Waals surface area contributed by atoms with Gasteiger partial charge in [0, 0.05) is 31.9 Å². The fourth-order valence-electron chi connectivity index (χ4n) is 4.45. The van der Waals surface area contributed by atoms with Crippen LogP contribution in [0.4, 0.5) is 5.69 Å². The largest absolute Gasteiger partial charge is 0.492 e. The molecule has 5 heteroatoms. The number of nitrogens with zero attached hydrogens (tertiary/aromatic N) is 1. The molecule has 0 spiro atoms. The van der Waals surface area contributed by atoms with Crippen LogP contribution in [0.3, 0.4) is 0 Å². The van der Waals surface area contributed by atoms with Gasteiger partial charge in [0.05, 0.1) is 0 Å². The monoisotopic (exact) mass is 418 g/mol. The van der Waals surface area contributed by atoms with E-state index in [1.807, 2.05) is 38.1 Å². The molecule has 5 nitrogen and oxygen atoms in total. The van der Waals surface area contributed by atoms with Crippen molar-refractivity contribution in [3.05, 3.63) is 24.3 Å². The third-order valence-electron chi connectivity index (χ3n) is 5.93. The predicted molar refractivity (Wildman–Crippen MR) is 124 cm³/mol. The number of benzene rings is 1. The van der Waals surface area contributed by atoms with Crippen LogP contribution in [0.25, 0.3) is 0 Å². The lowest BCUT2D eigenvalue weighted by Crippen LogP contribution is -2.42. The summed E-state index contributed by atoms with van der Waals surface area (Å²) in [4.78, 5) is 15.3. The van der Waals surface area contributed by atoms with E-state index in [1.54, 1.807) is 0 Å². The molecule has 1 N–H and O–H groups in total. The number of unbranched alkanes of at least 4 members (excludes halogenated alkanes) is 2. The first-order chi connectivity index (χ1) is 14.4. The first kappa shape index (κ1) is 24.7. The zero-order chi connectivity index (χ0) is 22.0. The average Bonchev–Trinajstić information content (AvgIpc) is 2.69. The molecule has 0 aliphatic carbocycles. The van der Waals surface area contributed by atoms with Crippen LogP contribution in [0.1, 0.15) is 66.7 Å². The molecule has 0 aromatic heterocycles. The first-order valence-electron chi connectivity index (χ1n) is 11.8. The Bertz CT molecular complexity index is 624. The van der Waals surface area contributed by atoms with Crippen molar-refractivity contribution in [2.75, 3.05) is 38.2 Å². The molecule has 1 amide bonds. The molecule has 0 bridgehead atoms. The van der Waals surface area contributed by atoms with Gasteiger partial charge in [-0.15, -0.1) is 0 Å². The molecule has 0 saturated carbocycles. The Labute approximate surface area is 183 Å². The number of amides is 1. The lowest BCUT2D eigenvalue weighted by molar-refractivity contribution is -0.139. The highest BCUT2D eigenvalue weighted by Crippen LogP contribution is 2.24. The molecule has 0 unspecified atom stereocenters. The number of ether oxygens (including phenoxy) is 2. The van der Waals surface area contributed by atoms with Gasteiger partial charge in [0.2, 0.25) is 0 Å². The summed E-state index contributed by atoms with van der Waals surface area (Å²) in [6.45, 7) is 15.1. The second-order valence-electron chi connectivity index (χ2n) is 9.15. The fraction of sp³-hybridized carbons (Fsp3) is 0.720. The van der Waals surface area contributed by atoms with Gasteiger partial charge < -0.3 is 14.8 Å². The normalized spacial score (nSPS) is 21.8. The molecule has 1 fully saturated rings. The molecule has 1 aromatic carbocycles. The van der Waals surface area contributed by atoms with Crippen molar-refractivity contribution >= 4 is 11.6 Å². The van der Waals surface area contributed by atoms with Gasteiger partial charge in [-0.25, -0.2) is 0 Å². The maximum Gasteiger partial charge on any atom is 0.256 e. The fourth-order valence-corrected chi connectivity index (χ4v) is 4.45. The second kappa shape index (κ2) is 12.3. The first-order valence-corrected chi connectivity index (χ1v) is 11.8. The molecule has 2 rings (SSSR count). The molecule has 3 atom stereocenters. The second-order valence-corrected chi connectivity index (χ2v) is 9.15. The number of rotatable bonds is 12. The van der Waals surface area contributed by atoms with Crippen LogP contribution < -0.4 is 10.1 Å². The Morgan fingerprint density at radius 2 is 1.80 bits per heavy atom. The Kier molecular flexibility index (Phi) is 10.1. The number of anilines is 1. The van der Waals surface area contributed by atoms with E-state index in [9.17, 15) is 4.79 Å². The van der Waals surface area contributed by atoms with Crippen molar-refractivity contribution in [3.8, 4) is 5.75 Å². The molecule has 1 aromatic rings. The summed E-state index contributed by atoms with van der Waals surface area (Å²) in [7, 11) is 0. The molecular weight excluding hydrogens is 376 g/mol. The number of carbonyl (C=O) groups is 1. The topological polar surface area (TPSA) is 50.8 Å². The van der Waals surface area contributed by atoms with Crippen molar-refractivity contribution in [1.82, 2.24) is 4.90 Å². The van der Waals surface area contributed by atoms with Crippen LogP contribution in [-0.4, -0.2) is 49.3 Å². The number of piperidine rings is 1. The van der Waals surface area contributed by atoms with Crippen molar-refractivity contribution in [3.63, 3.8) is 0 Å². The van der Waals surface area contributed by atoms with Gasteiger partial charge >= 0.3 is 0 Å². The highest BCUT2D eigenvalue weighted by atomic mass is 16.5. The Balaban J connectivity index is 1.82. The van der Waals surface area contributed by atoms with Crippen LogP contribution >= 0.6 is 0 Å². The minimum Gasteiger partial charge on any atom is -0.492 e. The standard InChI is InChI=1S/C25H42N2O3/c1-6-8-9-14-25(5,30-7-2)24(28)26-22-10-12-23(13-11-22)29-16-15-27-18-20(3)17-21(4)19-27/h10-13,20-21H,6-9,14-19H2,1-5H3,(H,26,28)/t20-,21-,25+/m1/s1. The van der Waals surface area contributed by atoms with Crippen LogP contribution in [-0.2, 0) is 9.53 Å². The number of hydrogen-bond donors (Lipinski definition) is 1. The van der Waals surface area contributed by atoms with E-state index in [2.05, 4.69) is 31.0 Å². The maximum atomic E-state index is 12.8.